The summed E-state index contributed by atoms with van der Waals surface area (Å²) in [6.45, 7) is -0.630. The van der Waals surface area contributed by atoms with E-state index in [9.17, 15) is 14.4 Å². The summed E-state index contributed by atoms with van der Waals surface area (Å²) < 4.78 is 4.88. The Labute approximate surface area is 160 Å². The van der Waals surface area contributed by atoms with E-state index in [0.29, 0.717) is 10.7 Å². The van der Waals surface area contributed by atoms with Gasteiger partial charge in [0.05, 0.1) is 17.3 Å². The van der Waals surface area contributed by atoms with Crippen LogP contribution in [0.2, 0.25) is 5.02 Å². The zero-order valence-electron chi connectivity index (χ0n) is 14.0. The summed E-state index contributed by atoms with van der Waals surface area (Å²) in [7, 11) is 1.45. The molecule has 1 heterocycles. The maximum Gasteiger partial charge on any atom is 0.331 e. The maximum absolute atomic E-state index is 12.0. The fraction of sp³-hybridized carbons (Fsp3) is 0.167. The van der Waals surface area contributed by atoms with Crippen molar-refractivity contribution in [3.63, 3.8) is 0 Å². The van der Waals surface area contributed by atoms with E-state index in [4.69, 9.17) is 16.3 Å². The lowest BCUT2D eigenvalue weighted by Gasteiger charge is -2.16. The summed E-state index contributed by atoms with van der Waals surface area (Å²) in [5, 5.41) is 6.78. The largest absolute Gasteiger partial charge is 0.452 e. The van der Waals surface area contributed by atoms with E-state index in [0.717, 1.165) is 5.56 Å². The molecule has 0 radical (unpaired) electrons. The van der Waals surface area contributed by atoms with Gasteiger partial charge >= 0.3 is 5.97 Å². The van der Waals surface area contributed by atoms with Crippen LogP contribution in [0.15, 0.2) is 47.2 Å². The van der Waals surface area contributed by atoms with Crippen molar-refractivity contribution in [3.05, 3.63) is 57.8 Å². The second-order valence-corrected chi connectivity index (χ2v) is 6.46. The molecule has 1 aromatic heterocycles. The molecule has 0 saturated carbocycles. The number of nitrogens with zero attached hydrogens (tertiary/aromatic N) is 1. The number of hydrogen-bond acceptors (Lipinski definition) is 5. The molecule has 2 rings (SSSR count). The molecule has 136 valence electrons. The van der Waals surface area contributed by atoms with E-state index in [2.05, 4.69) is 5.32 Å². The molecule has 1 aromatic carbocycles. The van der Waals surface area contributed by atoms with Crippen LogP contribution >= 0.6 is 22.9 Å². The third kappa shape index (κ3) is 6.34. The quantitative estimate of drug-likeness (QED) is 0.580. The first-order chi connectivity index (χ1) is 12.5. The number of likely N-dealkylation sites (N-methyl/N-ethyl adjacent to an activating group) is 1. The second kappa shape index (κ2) is 9.74. The number of amides is 2. The van der Waals surface area contributed by atoms with Crippen LogP contribution in [0.1, 0.15) is 5.56 Å². The Kier molecular flexibility index (Phi) is 7.37. The van der Waals surface area contributed by atoms with Crippen molar-refractivity contribution in [1.82, 2.24) is 4.90 Å². The van der Waals surface area contributed by atoms with Crippen molar-refractivity contribution < 1.29 is 19.1 Å². The van der Waals surface area contributed by atoms with E-state index in [1.54, 1.807) is 30.3 Å². The highest BCUT2D eigenvalue weighted by molar-refractivity contribution is 7.08. The number of nitrogens with one attached hydrogen (secondary N) is 1. The number of esters is 1. The molecule has 0 saturated heterocycles. The van der Waals surface area contributed by atoms with E-state index in [-0.39, 0.29) is 6.54 Å². The standard InChI is InChI=1S/C18H17ClN2O4S/c1-21(10-16(22)20-15-5-3-2-4-14(15)19)17(23)11-25-18(24)7-6-13-8-9-26-12-13/h2-9,12H,10-11H2,1H3,(H,20,22)/b7-6+. The van der Waals surface area contributed by atoms with Gasteiger partial charge in [-0.3, -0.25) is 9.59 Å². The number of rotatable bonds is 7. The van der Waals surface area contributed by atoms with E-state index in [1.807, 2.05) is 16.8 Å². The fourth-order valence-corrected chi connectivity index (χ4v) is 2.69. The van der Waals surface area contributed by atoms with E-state index >= 15 is 0 Å². The summed E-state index contributed by atoms with van der Waals surface area (Å²) in [5.41, 5.74) is 1.34. The Hall–Kier alpha value is -2.64. The number of anilines is 1. The molecule has 0 spiro atoms. The highest BCUT2D eigenvalue weighted by atomic mass is 35.5. The number of benzene rings is 1. The molecule has 0 atom stereocenters. The Balaban J connectivity index is 1.75. The van der Waals surface area contributed by atoms with Gasteiger partial charge < -0.3 is 15.0 Å². The fourth-order valence-electron chi connectivity index (χ4n) is 1.88. The lowest BCUT2D eigenvalue weighted by Crippen LogP contribution is -2.37. The predicted octanol–water partition coefficient (Wildman–Crippen LogP) is 3.06. The van der Waals surface area contributed by atoms with Gasteiger partial charge in [-0.1, -0.05) is 23.7 Å². The van der Waals surface area contributed by atoms with Gasteiger partial charge in [0.25, 0.3) is 5.91 Å². The Morgan fingerprint density at radius 1 is 1.27 bits per heavy atom. The van der Waals surface area contributed by atoms with Gasteiger partial charge in [-0.2, -0.15) is 11.3 Å². The highest BCUT2D eigenvalue weighted by Gasteiger charge is 2.15. The van der Waals surface area contributed by atoms with Crippen molar-refractivity contribution >= 4 is 52.5 Å². The van der Waals surface area contributed by atoms with Crippen LogP contribution in [0.5, 0.6) is 0 Å². The van der Waals surface area contributed by atoms with Gasteiger partial charge in [-0.05, 0) is 40.6 Å². The first-order valence-electron chi connectivity index (χ1n) is 7.61. The normalized spacial score (nSPS) is 10.5. The van der Waals surface area contributed by atoms with Crippen LogP contribution in [0.3, 0.4) is 0 Å². The Morgan fingerprint density at radius 3 is 2.73 bits per heavy atom. The van der Waals surface area contributed by atoms with E-state index in [1.165, 1.54) is 29.4 Å². The van der Waals surface area contributed by atoms with Gasteiger partial charge in [-0.25, -0.2) is 4.79 Å². The lowest BCUT2D eigenvalue weighted by atomic mass is 10.3. The van der Waals surface area contributed by atoms with Gasteiger partial charge in [0.2, 0.25) is 5.91 Å². The van der Waals surface area contributed by atoms with Crippen LogP contribution in [0.25, 0.3) is 6.08 Å². The number of halogens is 1. The monoisotopic (exact) mass is 392 g/mol. The van der Waals surface area contributed by atoms with Gasteiger partial charge in [0, 0.05) is 13.1 Å². The summed E-state index contributed by atoms with van der Waals surface area (Å²) in [6, 6.07) is 8.64. The summed E-state index contributed by atoms with van der Waals surface area (Å²) in [4.78, 5) is 36.7. The molecular formula is C18H17ClN2O4S. The van der Waals surface area contributed by atoms with Crippen molar-refractivity contribution in [3.8, 4) is 0 Å². The molecule has 0 unspecified atom stereocenters. The third-order valence-electron chi connectivity index (χ3n) is 3.25. The Bertz CT molecular complexity index is 805. The number of para-hydroxylation sites is 1. The van der Waals surface area contributed by atoms with Crippen LogP contribution in [0.4, 0.5) is 5.69 Å². The first kappa shape index (κ1) is 19.7. The number of ether oxygens (including phenoxy) is 1. The molecule has 0 bridgehead atoms. The minimum atomic E-state index is -0.626. The molecule has 0 fully saturated rings. The molecule has 0 aliphatic heterocycles. The molecular weight excluding hydrogens is 376 g/mol. The summed E-state index contributed by atoms with van der Waals surface area (Å²) in [5.74, 6) is -1.52. The highest BCUT2D eigenvalue weighted by Crippen LogP contribution is 2.20. The van der Waals surface area contributed by atoms with Crippen molar-refractivity contribution in [2.75, 3.05) is 25.5 Å². The van der Waals surface area contributed by atoms with Crippen molar-refractivity contribution in [2.24, 2.45) is 0 Å². The number of carbonyl (C=O) groups excluding carboxylic acids is 3. The zero-order chi connectivity index (χ0) is 18.9. The number of hydrogen-bond donors (Lipinski definition) is 1. The number of thiophene rings is 1. The molecule has 0 aliphatic carbocycles. The average Bonchev–Trinajstić information content (AvgIpc) is 3.13. The predicted molar refractivity (Wildman–Crippen MR) is 102 cm³/mol. The van der Waals surface area contributed by atoms with Crippen LogP contribution in [-0.2, 0) is 19.1 Å². The van der Waals surface area contributed by atoms with Gasteiger partial charge in [-0.15, -0.1) is 0 Å². The minimum absolute atomic E-state index is 0.188. The van der Waals surface area contributed by atoms with Crippen LogP contribution in [0, 0.1) is 0 Å². The average molecular weight is 393 g/mol. The maximum atomic E-state index is 12.0. The molecule has 8 heteroatoms. The first-order valence-corrected chi connectivity index (χ1v) is 8.93. The molecule has 1 N–H and O–H groups in total. The second-order valence-electron chi connectivity index (χ2n) is 5.28. The SMILES string of the molecule is CN(CC(=O)Nc1ccccc1Cl)C(=O)COC(=O)/C=C/c1ccsc1. The summed E-state index contributed by atoms with van der Waals surface area (Å²) >= 11 is 7.47. The van der Waals surface area contributed by atoms with Gasteiger partial charge in [0.1, 0.15) is 0 Å². The lowest BCUT2D eigenvalue weighted by molar-refractivity contribution is -0.148. The smallest absolute Gasteiger partial charge is 0.331 e. The van der Waals surface area contributed by atoms with Crippen molar-refractivity contribution in [1.29, 1.82) is 0 Å². The van der Waals surface area contributed by atoms with Crippen LogP contribution in [-0.4, -0.2) is 42.9 Å². The van der Waals surface area contributed by atoms with Crippen molar-refractivity contribution in [2.45, 2.75) is 0 Å². The molecule has 2 aromatic rings. The van der Waals surface area contributed by atoms with Gasteiger partial charge in [0.15, 0.2) is 6.61 Å². The van der Waals surface area contributed by atoms with Crippen LogP contribution < -0.4 is 5.32 Å². The molecule has 2 amide bonds. The zero-order valence-corrected chi connectivity index (χ0v) is 15.5. The number of carbonyl (C=O) groups is 3. The molecule has 26 heavy (non-hydrogen) atoms. The minimum Gasteiger partial charge on any atom is -0.452 e. The topological polar surface area (TPSA) is 75.7 Å². The Morgan fingerprint density at radius 2 is 2.04 bits per heavy atom. The molecule has 6 nitrogen and oxygen atoms in total. The summed E-state index contributed by atoms with van der Waals surface area (Å²) in [6.07, 6.45) is 2.85. The third-order valence-corrected chi connectivity index (χ3v) is 4.28. The molecule has 0 aliphatic rings. The van der Waals surface area contributed by atoms with E-state index < -0.39 is 24.4 Å².